The molecule has 0 spiro atoms. The van der Waals surface area contributed by atoms with Gasteiger partial charge in [0.1, 0.15) is 34.8 Å². The van der Waals surface area contributed by atoms with E-state index in [1.807, 2.05) is 0 Å². The van der Waals surface area contributed by atoms with Crippen LogP contribution in [0.15, 0.2) is 30.5 Å². The summed E-state index contributed by atoms with van der Waals surface area (Å²) in [4.78, 5) is 25.2. The Labute approximate surface area is 196 Å². The van der Waals surface area contributed by atoms with Gasteiger partial charge >= 0.3 is 0 Å². The number of pyridine rings is 1. The van der Waals surface area contributed by atoms with Crippen molar-refractivity contribution in [2.24, 2.45) is 0 Å². The van der Waals surface area contributed by atoms with Crippen LogP contribution in [0, 0.1) is 17.5 Å². The number of aliphatic hydroxyl groups is 1. The molecule has 1 aromatic carbocycles. The van der Waals surface area contributed by atoms with Crippen LogP contribution < -0.4 is 11.1 Å². The van der Waals surface area contributed by atoms with Gasteiger partial charge in [-0.25, -0.2) is 32.8 Å². The third kappa shape index (κ3) is 3.85. The van der Waals surface area contributed by atoms with Crippen LogP contribution in [0.2, 0.25) is 0 Å². The number of fused-ring (bicyclic) bond motifs is 2. The second kappa shape index (κ2) is 8.31. The number of nitrogens with zero attached hydrogens (tertiary/aromatic N) is 5. The minimum absolute atomic E-state index is 0.0278. The predicted molar refractivity (Wildman–Crippen MR) is 121 cm³/mol. The van der Waals surface area contributed by atoms with E-state index in [2.05, 4.69) is 25.4 Å². The zero-order valence-electron chi connectivity index (χ0n) is 18.5. The van der Waals surface area contributed by atoms with Crippen LogP contribution in [0.1, 0.15) is 30.9 Å². The lowest BCUT2D eigenvalue weighted by Crippen LogP contribution is -2.37. The fourth-order valence-electron chi connectivity index (χ4n) is 4.49. The summed E-state index contributed by atoms with van der Waals surface area (Å²) in [5.74, 6) is -2.31. The number of benzene rings is 1. The molecule has 1 unspecified atom stereocenters. The highest BCUT2D eigenvalue weighted by atomic mass is 19.1. The summed E-state index contributed by atoms with van der Waals surface area (Å²) < 4.78 is 43.9. The van der Waals surface area contributed by atoms with Gasteiger partial charge in [-0.3, -0.25) is 4.79 Å². The van der Waals surface area contributed by atoms with E-state index in [1.165, 1.54) is 10.7 Å². The molecule has 1 atom stereocenters. The number of hydrogen-bond acceptors (Lipinski definition) is 7. The van der Waals surface area contributed by atoms with Crippen molar-refractivity contribution in [1.29, 1.82) is 0 Å². The van der Waals surface area contributed by atoms with Gasteiger partial charge in [0.15, 0.2) is 11.5 Å². The number of amides is 1. The molecule has 1 aliphatic rings. The Morgan fingerprint density at radius 1 is 1.23 bits per heavy atom. The second-order valence-corrected chi connectivity index (χ2v) is 8.65. The number of nitrogen functional groups attached to an aromatic ring is 1. The van der Waals surface area contributed by atoms with Gasteiger partial charge in [-0.05, 0) is 24.6 Å². The van der Waals surface area contributed by atoms with Gasteiger partial charge in [0.05, 0.1) is 18.1 Å². The maximum Gasteiger partial charge on any atom is 0.226 e. The first-order valence-corrected chi connectivity index (χ1v) is 10.7. The molecular weight excluding hydrogens is 463 g/mol. The first kappa shape index (κ1) is 22.7. The zero-order chi connectivity index (χ0) is 24.9. The molecule has 0 aliphatic carbocycles. The largest absolute Gasteiger partial charge is 0.396 e. The topological polar surface area (TPSA) is 132 Å². The summed E-state index contributed by atoms with van der Waals surface area (Å²) in [6.07, 6.45) is 1.32. The standard InChI is InChI=1S/C23H20F3N7O2/c1-23(5-6-34)8-16(35)29-20-17(23)19(27)30-21(31-20)18-12-7-11(24)9-28-22(12)33(32-18)10-13-14(25)3-2-4-15(13)26/h2-4,7,9,34H,5-6,8,10H2,1H3,(H3,27,29,30,31,35). The van der Waals surface area contributed by atoms with Crippen LogP contribution in [-0.4, -0.2) is 42.4 Å². The summed E-state index contributed by atoms with van der Waals surface area (Å²) in [5, 5.41) is 16.8. The molecule has 9 nitrogen and oxygen atoms in total. The second-order valence-electron chi connectivity index (χ2n) is 8.65. The molecule has 4 aromatic rings. The van der Waals surface area contributed by atoms with E-state index in [-0.39, 0.29) is 71.7 Å². The van der Waals surface area contributed by atoms with Crippen molar-refractivity contribution in [3.63, 3.8) is 0 Å². The minimum Gasteiger partial charge on any atom is -0.396 e. The van der Waals surface area contributed by atoms with E-state index in [4.69, 9.17) is 5.73 Å². The number of aliphatic hydroxyl groups excluding tert-OH is 1. The number of anilines is 2. The lowest BCUT2D eigenvalue weighted by Gasteiger charge is -2.34. The number of nitrogens with one attached hydrogen (secondary N) is 1. The summed E-state index contributed by atoms with van der Waals surface area (Å²) >= 11 is 0. The Hall–Kier alpha value is -4.06. The molecule has 0 radical (unpaired) electrons. The summed E-state index contributed by atoms with van der Waals surface area (Å²) in [7, 11) is 0. The Bertz CT molecular complexity index is 1470. The van der Waals surface area contributed by atoms with E-state index in [9.17, 15) is 23.1 Å². The molecule has 12 heteroatoms. The molecule has 35 heavy (non-hydrogen) atoms. The van der Waals surface area contributed by atoms with E-state index in [1.54, 1.807) is 6.92 Å². The molecule has 1 aliphatic heterocycles. The van der Waals surface area contributed by atoms with E-state index in [0.29, 0.717) is 5.56 Å². The van der Waals surface area contributed by atoms with Crippen molar-refractivity contribution >= 4 is 28.6 Å². The maximum absolute atomic E-state index is 14.3. The Morgan fingerprint density at radius 3 is 2.69 bits per heavy atom. The summed E-state index contributed by atoms with van der Waals surface area (Å²) in [5.41, 5.74) is 5.94. The highest BCUT2D eigenvalue weighted by molar-refractivity contribution is 5.96. The third-order valence-corrected chi connectivity index (χ3v) is 6.15. The van der Waals surface area contributed by atoms with Gasteiger partial charge < -0.3 is 16.2 Å². The fourth-order valence-corrected chi connectivity index (χ4v) is 4.49. The number of halogens is 3. The number of rotatable bonds is 5. The van der Waals surface area contributed by atoms with Gasteiger partial charge in [-0.2, -0.15) is 5.10 Å². The van der Waals surface area contributed by atoms with Crippen molar-refractivity contribution in [3.05, 3.63) is 59.0 Å². The number of nitrogens with two attached hydrogens (primary N) is 1. The quantitative estimate of drug-likeness (QED) is 0.398. The van der Waals surface area contributed by atoms with Crippen LogP contribution in [0.25, 0.3) is 22.6 Å². The maximum atomic E-state index is 14.3. The number of hydrogen-bond donors (Lipinski definition) is 3. The molecule has 0 fully saturated rings. The van der Waals surface area contributed by atoms with Gasteiger partial charge in [0.25, 0.3) is 0 Å². The average Bonchev–Trinajstić information content (AvgIpc) is 3.13. The fraction of sp³-hybridized carbons (Fsp3) is 0.261. The van der Waals surface area contributed by atoms with Crippen molar-refractivity contribution in [3.8, 4) is 11.5 Å². The first-order valence-electron chi connectivity index (χ1n) is 10.7. The Kier molecular flexibility index (Phi) is 5.39. The molecule has 3 aromatic heterocycles. The molecule has 0 saturated carbocycles. The molecule has 1 amide bonds. The number of aromatic nitrogens is 5. The number of carbonyl (C=O) groups is 1. The molecule has 4 heterocycles. The van der Waals surface area contributed by atoms with Gasteiger partial charge in [0.2, 0.25) is 5.91 Å². The Morgan fingerprint density at radius 2 is 1.97 bits per heavy atom. The molecule has 4 N–H and O–H groups in total. The van der Waals surface area contributed by atoms with Crippen molar-refractivity contribution in [2.45, 2.75) is 31.7 Å². The van der Waals surface area contributed by atoms with Crippen molar-refractivity contribution < 1.29 is 23.1 Å². The Balaban J connectivity index is 1.68. The van der Waals surface area contributed by atoms with E-state index in [0.717, 1.165) is 24.4 Å². The summed E-state index contributed by atoms with van der Waals surface area (Å²) in [6.45, 7) is 1.29. The van der Waals surface area contributed by atoms with Gasteiger partial charge in [-0.1, -0.05) is 13.0 Å². The lowest BCUT2D eigenvalue weighted by atomic mass is 9.75. The SMILES string of the molecule is CC1(CCO)CC(=O)Nc2nc(-c3nn(Cc4c(F)cccc4F)c4ncc(F)cc34)nc(N)c21. The van der Waals surface area contributed by atoms with Gasteiger partial charge in [-0.15, -0.1) is 0 Å². The van der Waals surface area contributed by atoms with Crippen LogP contribution >= 0.6 is 0 Å². The normalized spacial score (nSPS) is 17.5. The number of carbonyl (C=O) groups excluding carboxylic acids is 1. The zero-order valence-corrected chi connectivity index (χ0v) is 18.5. The van der Waals surface area contributed by atoms with Crippen LogP contribution in [-0.2, 0) is 16.8 Å². The lowest BCUT2D eigenvalue weighted by molar-refractivity contribution is -0.117. The molecule has 180 valence electrons. The highest BCUT2D eigenvalue weighted by Gasteiger charge is 2.39. The van der Waals surface area contributed by atoms with Crippen LogP contribution in [0.5, 0.6) is 0 Å². The van der Waals surface area contributed by atoms with E-state index >= 15 is 0 Å². The minimum atomic E-state index is -0.785. The van der Waals surface area contributed by atoms with E-state index < -0.39 is 22.9 Å². The van der Waals surface area contributed by atoms with Gasteiger partial charge in [0, 0.05) is 29.6 Å². The average molecular weight is 483 g/mol. The highest BCUT2D eigenvalue weighted by Crippen LogP contribution is 2.42. The molecule has 0 saturated heterocycles. The van der Waals surface area contributed by atoms with Crippen LogP contribution in [0.3, 0.4) is 0 Å². The predicted octanol–water partition coefficient (Wildman–Crippen LogP) is 2.92. The summed E-state index contributed by atoms with van der Waals surface area (Å²) in [6, 6.07) is 4.65. The van der Waals surface area contributed by atoms with Crippen LogP contribution in [0.4, 0.5) is 24.8 Å². The molecular formula is C23H20F3N7O2. The smallest absolute Gasteiger partial charge is 0.226 e. The first-order chi connectivity index (χ1) is 16.7. The molecule has 0 bridgehead atoms. The van der Waals surface area contributed by atoms with Crippen molar-refractivity contribution in [2.75, 3.05) is 17.7 Å². The molecule has 5 rings (SSSR count). The van der Waals surface area contributed by atoms with Crippen molar-refractivity contribution in [1.82, 2.24) is 24.7 Å². The monoisotopic (exact) mass is 483 g/mol. The third-order valence-electron chi connectivity index (χ3n) is 6.15.